The van der Waals surface area contributed by atoms with Crippen molar-refractivity contribution in [2.24, 2.45) is 0 Å². The summed E-state index contributed by atoms with van der Waals surface area (Å²) in [7, 11) is 1.52. The lowest BCUT2D eigenvalue weighted by atomic mass is 10.2. The number of carbonyl (C=O) groups excluding carboxylic acids is 1. The number of amides is 1. The van der Waals surface area contributed by atoms with Crippen LogP contribution in [-0.2, 0) is 16.1 Å². The summed E-state index contributed by atoms with van der Waals surface area (Å²) in [6, 6.07) is 3.78. The zero-order valence-electron chi connectivity index (χ0n) is 12.1. The van der Waals surface area contributed by atoms with Gasteiger partial charge in [0.15, 0.2) is 0 Å². The average molecular weight is 278 g/mol. The van der Waals surface area contributed by atoms with Gasteiger partial charge in [0.1, 0.15) is 12.2 Å². The number of aromatic nitrogens is 1. The molecule has 1 amide bonds. The Hall–Kier alpha value is -1.62. The number of ether oxygens (including phenoxy) is 2. The highest BCUT2D eigenvalue weighted by molar-refractivity contribution is 5.80. The highest BCUT2D eigenvalue weighted by Gasteiger charge is 2.19. The minimum absolute atomic E-state index is 0.136. The predicted octanol–water partition coefficient (Wildman–Crippen LogP) is 2.05. The SMILES string of the molecule is COC(C)C(=O)NCc1cccnc1OC1CCCC1. The van der Waals surface area contributed by atoms with Gasteiger partial charge in [-0.05, 0) is 38.7 Å². The van der Waals surface area contributed by atoms with Crippen molar-refractivity contribution in [1.82, 2.24) is 10.3 Å². The Labute approximate surface area is 119 Å². The van der Waals surface area contributed by atoms with E-state index in [2.05, 4.69) is 10.3 Å². The molecule has 1 aliphatic carbocycles. The van der Waals surface area contributed by atoms with Crippen molar-refractivity contribution in [1.29, 1.82) is 0 Å². The van der Waals surface area contributed by atoms with Gasteiger partial charge >= 0.3 is 0 Å². The molecule has 5 nitrogen and oxygen atoms in total. The minimum Gasteiger partial charge on any atom is -0.474 e. The summed E-state index contributed by atoms with van der Waals surface area (Å²) in [5.74, 6) is 0.493. The largest absolute Gasteiger partial charge is 0.474 e. The maximum absolute atomic E-state index is 11.7. The van der Waals surface area contributed by atoms with Crippen LogP contribution in [0.3, 0.4) is 0 Å². The molecule has 1 saturated carbocycles. The summed E-state index contributed by atoms with van der Waals surface area (Å²) in [6.07, 6.45) is 6.13. The zero-order chi connectivity index (χ0) is 14.4. The first-order chi connectivity index (χ1) is 9.70. The Bertz CT molecular complexity index is 444. The van der Waals surface area contributed by atoms with Gasteiger partial charge in [0.05, 0.1) is 0 Å². The van der Waals surface area contributed by atoms with E-state index in [0.29, 0.717) is 12.4 Å². The van der Waals surface area contributed by atoms with Gasteiger partial charge in [-0.3, -0.25) is 4.79 Å². The molecule has 0 saturated heterocycles. The highest BCUT2D eigenvalue weighted by Crippen LogP contribution is 2.24. The standard InChI is InChI=1S/C15H22N2O3/c1-11(19-2)14(18)17-10-12-6-5-9-16-15(12)20-13-7-3-4-8-13/h5-6,9,11,13H,3-4,7-8,10H2,1-2H3,(H,17,18). The van der Waals surface area contributed by atoms with Crippen molar-refractivity contribution < 1.29 is 14.3 Å². The lowest BCUT2D eigenvalue weighted by molar-refractivity contribution is -0.130. The topological polar surface area (TPSA) is 60.5 Å². The van der Waals surface area contributed by atoms with Crippen molar-refractivity contribution in [3.63, 3.8) is 0 Å². The van der Waals surface area contributed by atoms with Gasteiger partial charge in [-0.15, -0.1) is 0 Å². The predicted molar refractivity (Wildman–Crippen MR) is 75.4 cm³/mol. The maximum atomic E-state index is 11.7. The van der Waals surface area contributed by atoms with E-state index < -0.39 is 6.10 Å². The summed E-state index contributed by atoms with van der Waals surface area (Å²) in [6.45, 7) is 2.12. The summed E-state index contributed by atoms with van der Waals surface area (Å²) in [4.78, 5) is 16.0. The second-order valence-electron chi connectivity index (χ2n) is 5.09. The molecule has 1 fully saturated rings. The average Bonchev–Trinajstić information content (AvgIpc) is 2.98. The molecule has 0 radical (unpaired) electrons. The van der Waals surface area contributed by atoms with Crippen LogP contribution in [0.25, 0.3) is 0 Å². The fourth-order valence-electron chi connectivity index (χ4n) is 2.26. The van der Waals surface area contributed by atoms with Crippen LogP contribution in [0.1, 0.15) is 38.2 Å². The van der Waals surface area contributed by atoms with Gasteiger partial charge < -0.3 is 14.8 Å². The molecule has 0 aromatic carbocycles. The lowest BCUT2D eigenvalue weighted by Gasteiger charge is -2.16. The monoisotopic (exact) mass is 278 g/mol. The fraction of sp³-hybridized carbons (Fsp3) is 0.600. The molecule has 20 heavy (non-hydrogen) atoms. The fourth-order valence-corrected chi connectivity index (χ4v) is 2.26. The molecule has 1 aromatic rings. The summed E-state index contributed by atoms with van der Waals surface area (Å²) in [5, 5.41) is 2.83. The van der Waals surface area contributed by atoms with Crippen molar-refractivity contribution in [3.05, 3.63) is 23.9 Å². The Kier molecular flexibility index (Phi) is 5.35. The molecule has 1 aliphatic rings. The molecule has 1 N–H and O–H groups in total. The third-order valence-electron chi connectivity index (χ3n) is 3.61. The molecular formula is C15H22N2O3. The van der Waals surface area contributed by atoms with E-state index in [-0.39, 0.29) is 12.0 Å². The van der Waals surface area contributed by atoms with Gasteiger partial charge in [0.25, 0.3) is 0 Å². The molecule has 1 aromatic heterocycles. The van der Waals surface area contributed by atoms with E-state index in [1.165, 1.54) is 20.0 Å². The molecule has 0 spiro atoms. The molecule has 2 rings (SSSR count). The van der Waals surface area contributed by atoms with E-state index in [0.717, 1.165) is 18.4 Å². The van der Waals surface area contributed by atoms with E-state index in [4.69, 9.17) is 9.47 Å². The molecule has 0 bridgehead atoms. The van der Waals surface area contributed by atoms with Crippen molar-refractivity contribution in [3.8, 4) is 5.88 Å². The van der Waals surface area contributed by atoms with Gasteiger partial charge in [-0.2, -0.15) is 0 Å². The maximum Gasteiger partial charge on any atom is 0.249 e. The molecule has 5 heteroatoms. The molecular weight excluding hydrogens is 256 g/mol. The number of rotatable bonds is 6. The first kappa shape index (κ1) is 14.8. The van der Waals surface area contributed by atoms with Crippen LogP contribution in [0.5, 0.6) is 5.88 Å². The van der Waals surface area contributed by atoms with Gasteiger partial charge in [0.2, 0.25) is 11.8 Å². The summed E-state index contributed by atoms with van der Waals surface area (Å²) < 4.78 is 10.9. The number of nitrogens with one attached hydrogen (secondary N) is 1. The number of hydrogen-bond donors (Lipinski definition) is 1. The Morgan fingerprint density at radius 3 is 2.95 bits per heavy atom. The third-order valence-corrected chi connectivity index (χ3v) is 3.61. The van der Waals surface area contributed by atoms with Crippen LogP contribution in [0.2, 0.25) is 0 Å². The Morgan fingerprint density at radius 1 is 1.50 bits per heavy atom. The molecule has 1 atom stereocenters. The third kappa shape index (κ3) is 3.93. The molecule has 1 unspecified atom stereocenters. The second-order valence-corrected chi connectivity index (χ2v) is 5.09. The molecule has 0 aliphatic heterocycles. The number of carbonyl (C=O) groups is 1. The minimum atomic E-state index is -0.453. The van der Waals surface area contributed by atoms with Crippen LogP contribution >= 0.6 is 0 Å². The molecule has 110 valence electrons. The summed E-state index contributed by atoms with van der Waals surface area (Å²) in [5.41, 5.74) is 0.899. The molecule has 1 heterocycles. The highest BCUT2D eigenvalue weighted by atomic mass is 16.5. The van der Waals surface area contributed by atoms with Crippen LogP contribution in [0.4, 0.5) is 0 Å². The first-order valence-electron chi connectivity index (χ1n) is 7.11. The van der Waals surface area contributed by atoms with Crippen molar-refractivity contribution >= 4 is 5.91 Å². The quantitative estimate of drug-likeness (QED) is 0.865. The van der Waals surface area contributed by atoms with Gasteiger partial charge in [-0.1, -0.05) is 6.07 Å². The number of pyridine rings is 1. The van der Waals surface area contributed by atoms with Crippen LogP contribution in [0, 0.1) is 0 Å². The smallest absolute Gasteiger partial charge is 0.249 e. The van der Waals surface area contributed by atoms with Crippen molar-refractivity contribution in [2.45, 2.75) is 51.4 Å². The first-order valence-corrected chi connectivity index (χ1v) is 7.11. The Balaban J connectivity index is 1.95. The van der Waals surface area contributed by atoms with Gasteiger partial charge in [-0.25, -0.2) is 4.98 Å². The summed E-state index contributed by atoms with van der Waals surface area (Å²) >= 11 is 0. The zero-order valence-corrected chi connectivity index (χ0v) is 12.1. The van der Waals surface area contributed by atoms with E-state index >= 15 is 0 Å². The van der Waals surface area contributed by atoms with Crippen molar-refractivity contribution in [2.75, 3.05) is 7.11 Å². The van der Waals surface area contributed by atoms with E-state index in [1.54, 1.807) is 13.1 Å². The van der Waals surface area contributed by atoms with Crippen LogP contribution < -0.4 is 10.1 Å². The second kappa shape index (κ2) is 7.24. The van der Waals surface area contributed by atoms with E-state index in [1.807, 2.05) is 12.1 Å². The number of methoxy groups -OCH3 is 1. The van der Waals surface area contributed by atoms with Crippen LogP contribution in [-0.4, -0.2) is 30.2 Å². The Morgan fingerprint density at radius 2 is 2.25 bits per heavy atom. The van der Waals surface area contributed by atoms with E-state index in [9.17, 15) is 4.79 Å². The number of hydrogen-bond acceptors (Lipinski definition) is 4. The lowest BCUT2D eigenvalue weighted by Crippen LogP contribution is -2.33. The number of nitrogens with zero attached hydrogens (tertiary/aromatic N) is 1. The van der Waals surface area contributed by atoms with Crippen LogP contribution in [0.15, 0.2) is 18.3 Å². The van der Waals surface area contributed by atoms with Gasteiger partial charge in [0, 0.05) is 25.4 Å². The normalized spacial score (nSPS) is 16.9.